The van der Waals surface area contributed by atoms with E-state index >= 15 is 0 Å². The SMILES string of the molecule is O=[N+]([O-])Oc1nonc1[N+](=O)[O-]. The maximum atomic E-state index is 10.0. The molecule has 0 amide bonds. The summed E-state index contributed by atoms with van der Waals surface area (Å²) in [5.74, 6) is -1.82. The smallest absolute Gasteiger partial charge is 0.358 e. The molecule has 0 unspecified atom stereocenters. The lowest BCUT2D eigenvalue weighted by atomic mass is 10.7. The second-order valence-corrected chi connectivity index (χ2v) is 1.46. The number of hydrogen-bond acceptors (Lipinski definition) is 8. The van der Waals surface area contributed by atoms with Crippen LogP contribution in [-0.4, -0.2) is 20.3 Å². The molecule has 10 heteroatoms. The summed E-state index contributed by atoms with van der Waals surface area (Å²) in [5.41, 5.74) is 0. The van der Waals surface area contributed by atoms with Gasteiger partial charge in [-0.2, -0.15) is 0 Å². The van der Waals surface area contributed by atoms with E-state index in [9.17, 15) is 20.2 Å². The van der Waals surface area contributed by atoms with Crippen LogP contribution in [0.15, 0.2) is 4.63 Å². The van der Waals surface area contributed by atoms with Crippen LogP contribution in [0.4, 0.5) is 5.82 Å². The highest BCUT2D eigenvalue weighted by Crippen LogP contribution is 2.20. The first-order valence-electron chi connectivity index (χ1n) is 2.40. The molecule has 1 rings (SSSR count). The molecule has 0 saturated heterocycles. The van der Waals surface area contributed by atoms with Gasteiger partial charge >= 0.3 is 16.8 Å². The van der Waals surface area contributed by atoms with Crippen LogP contribution in [0.25, 0.3) is 0 Å². The average molecular weight is 176 g/mol. The van der Waals surface area contributed by atoms with Crippen LogP contribution in [-0.2, 0) is 0 Å². The maximum absolute atomic E-state index is 10.0. The zero-order chi connectivity index (χ0) is 9.14. The van der Waals surface area contributed by atoms with E-state index in [2.05, 4.69) is 19.8 Å². The van der Waals surface area contributed by atoms with Crippen molar-refractivity contribution in [3.63, 3.8) is 0 Å². The Kier molecular flexibility index (Phi) is 1.81. The van der Waals surface area contributed by atoms with Gasteiger partial charge in [0.1, 0.15) is 0 Å². The van der Waals surface area contributed by atoms with Crippen molar-refractivity contribution in [1.82, 2.24) is 10.3 Å². The number of hydrogen-bond donors (Lipinski definition) is 0. The van der Waals surface area contributed by atoms with E-state index in [1.807, 2.05) is 0 Å². The molecule has 1 aromatic rings. The van der Waals surface area contributed by atoms with Gasteiger partial charge in [0.05, 0.1) is 0 Å². The molecule has 64 valence electrons. The Morgan fingerprint density at radius 1 is 1.33 bits per heavy atom. The van der Waals surface area contributed by atoms with E-state index in [0.29, 0.717) is 0 Å². The molecule has 0 bridgehead atoms. The van der Waals surface area contributed by atoms with Crippen LogP contribution >= 0.6 is 0 Å². The molecule has 0 spiro atoms. The minimum Gasteiger partial charge on any atom is -0.358 e. The zero-order valence-corrected chi connectivity index (χ0v) is 5.24. The predicted molar refractivity (Wildman–Crippen MR) is 28.6 cm³/mol. The second kappa shape index (κ2) is 2.77. The van der Waals surface area contributed by atoms with Gasteiger partial charge in [0, 0.05) is 5.16 Å². The number of rotatable bonds is 3. The van der Waals surface area contributed by atoms with Crippen molar-refractivity contribution < 1.29 is 19.5 Å². The third kappa shape index (κ3) is 1.42. The molecule has 12 heavy (non-hydrogen) atoms. The molecular weight excluding hydrogens is 176 g/mol. The van der Waals surface area contributed by atoms with Crippen LogP contribution in [0.3, 0.4) is 0 Å². The third-order valence-electron chi connectivity index (χ3n) is 0.776. The van der Waals surface area contributed by atoms with Gasteiger partial charge in [-0.1, -0.05) is 0 Å². The molecule has 0 aliphatic rings. The van der Waals surface area contributed by atoms with Gasteiger partial charge in [-0.15, -0.1) is 14.7 Å². The Labute approximate surface area is 62.9 Å². The predicted octanol–water partition coefficient (Wildman–Crippen LogP) is -0.452. The van der Waals surface area contributed by atoms with Crippen LogP contribution < -0.4 is 4.84 Å². The molecule has 1 aromatic heterocycles. The molecule has 0 radical (unpaired) electrons. The summed E-state index contributed by atoms with van der Waals surface area (Å²) in [4.78, 5) is 22.3. The Hall–Kier alpha value is -2.26. The van der Waals surface area contributed by atoms with Gasteiger partial charge < -0.3 is 10.1 Å². The van der Waals surface area contributed by atoms with Gasteiger partial charge in [-0.05, 0) is 4.92 Å². The molecule has 0 fully saturated rings. The monoisotopic (exact) mass is 176 g/mol. The van der Waals surface area contributed by atoms with E-state index in [1.54, 1.807) is 0 Å². The molecule has 1 heterocycles. The summed E-state index contributed by atoms with van der Waals surface area (Å²) in [5, 5.41) is 24.0. The van der Waals surface area contributed by atoms with E-state index in [4.69, 9.17) is 0 Å². The van der Waals surface area contributed by atoms with Crippen LogP contribution in [0.1, 0.15) is 0 Å². The first-order chi connectivity index (χ1) is 5.61. The second-order valence-electron chi connectivity index (χ2n) is 1.46. The normalized spacial score (nSPS) is 9.33. The topological polar surface area (TPSA) is 134 Å². The molecule has 0 aliphatic heterocycles. The number of nitro groups is 1. The lowest BCUT2D eigenvalue weighted by Gasteiger charge is -1.88. The summed E-state index contributed by atoms with van der Waals surface area (Å²) in [6.45, 7) is 0. The molecule has 10 nitrogen and oxygen atoms in total. The molecule has 0 atom stereocenters. The molecule has 0 aromatic carbocycles. The largest absolute Gasteiger partial charge is 0.465 e. The summed E-state index contributed by atoms with van der Waals surface area (Å²) in [6.07, 6.45) is 0. The van der Waals surface area contributed by atoms with Gasteiger partial charge in [-0.3, -0.25) is 0 Å². The quantitative estimate of drug-likeness (QED) is 0.446. The summed E-state index contributed by atoms with van der Waals surface area (Å²) >= 11 is 0. The van der Waals surface area contributed by atoms with Crippen molar-refractivity contribution in [2.24, 2.45) is 0 Å². The number of aromatic nitrogens is 2. The minimum absolute atomic E-state index is 0.884. The first-order valence-corrected chi connectivity index (χ1v) is 2.40. The van der Waals surface area contributed by atoms with Crippen molar-refractivity contribution >= 4 is 5.82 Å². The fraction of sp³-hybridized carbons (Fsp3) is 0. The van der Waals surface area contributed by atoms with Crippen molar-refractivity contribution in [3.05, 3.63) is 20.2 Å². The minimum atomic E-state index is -1.26. The highest BCUT2D eigenvalue weighted by Gasteiger charge is 2.25. The van der Waals surface area contributed by atoms with E-state index in [1.165, 1.54) is 0 Å². The fourth-order valence-corrected chi connectivity index (χ4v) is 0.416. The van der Waals surface area contributed by atoms with Gasteiger partial charge in [0.2, 0.25) is 0 Å². The Balaban J connectivity index is 2.91. The highest BCUT2D eigenvalue weighted by molar-refractivity contribution is 5.27. The van der Waals surface area contributed by atoms with Gasteiger partial charge in [0.25, 0.3) is 0 Å². The summed E-state index contributed by atoms with van der Waals surface area (Å²) < 4.78 is 3.84. The Bertz CT molecular complexity index is 317. The third-order valence-corrected chi connectivity index (χ3v) is 0.776. The summed E-state index contributed by atoms with van der Waals surface area (Å²) in [6, 6.07) is 0. The van der Waals surface area contributed by atoms with E-state index in [0.717, 1.165) is 0 Å². The highest BCUT2D eigenvalue weighted by atomic mass is 17.0. The average Bonchev–Trinajstić information content (AvgIpc) is 2.33. The lowest BCUT2D eigenvalue weighted by molar-refractivity contribution is -0.713. The van der Waals surface area contributed by atoms with Gasteiger partial charge in [-0.25, -0.2) is 4.84 Å². The van der Waals surface area contributed by atoms with Crippen LogP contribution in [0.2, 0.25) is 0 Å². The Morgan fingerprint density at radius 3 is 2.50 bits per heavy atom. The fourth-order valence-electron chi connectivity index (χ4n) is 0.416. The molecule has 0 aliphatic carbocycles. The zero-order valence-electron chi connectivity index (χ0n) is 5.24. The van der Waals surface area contributed by atoms with E-state index < -0.39 is 21.7 Å². The van der Waals surface area contributed by atoms with Crippen molar-refractivity contribution in [2.75, 3.05) is 0 Å². The molecule has 0 N–H and O–H groups in total. The first kappa shape index (κ1) is 7.84. The molecule has 0 saturated carbocycles. The number of nitrogens with zero attached hydrogens (tertiary/aromatic N) is 4. The Morgan fingerprint density at radius 2 is 2.00 bits per heavy atom. The van der Waals surface area contributed by atoms with Crippen molar-refractivity contribution in [2.45, 2.75) is 0 Å². The van der Waals surface area contributed by atoms with Crippen molar-refractivity contribution in [3.8, 4) is 5.88 Å². The summed E-state index contributed by atoms with van der Waals surface area (Å²) in [7, 11) is 0. The maximum Gasteiger partial charge on any atom is 0.465 e. The van der Waals surface area contributed by atoms with E-state index in [-0.39, 0.29) is 0 Å². The van der Waals surface area contributed by atoms with Crippen molar-refractivity contribution in [1.29, 1.82) is 0 Å². The van der Waals surface area contributed by atoms with Crippen LogP contribution in [0, 0.1) is 20.2 Å². The lowest BCUT2D eigenvalue weighted by Crippen LogP contribution is -2.05. The van der Waals surface area contributed by atoms with Crippen LogP contribution in [0.5, 0.6) is 5.88 Å². The van der Waals surface area contributed by atoms with Gasteiger partial charge in [0.15, 0.2) is 5.16 Å². The molecular formula is C2N4O6. The standard InChI is InChI=1S/C2N4O6/c7-5(8)1-2(4-12-3-1)11-6(9)10.